The number of hydrogen-bond donors (Lipinski definition) is 1. The van der Waals surface area contributed by atoms with Crippen LogP contribution < -0.4 is 4.74 Å². The maximum Gasteiger partial charge on any atom is 0.199 e. The summed E-state index contributed by atoms with van der Waals surface area (Å²) in [5.74, 6) is 2.29. The summed E-state index contributed by atoms with van der Waals surface area (Å²) < 4.78 is 16.1. The van der Waals surface area contributed by atoms with E-state index in [1.54, 1.807) is 37.1 Å². The minimum atomic E-state index is -1.22. The van der Waals surface area contributed by atoms with Crippen LogP contribution >= 0.6 is 0 Å². The van der Waals surface area contributed by atoms with Crippen LogP contribution in [0.1, 0.15) is 12.5 Å². The fourth-order valence-corrected chi connectivity index (χ4v) is 2.36. The molecule has 2 rings (SSSR count). The number of carbonyl (C=O) groups excluding carboxylic acids is 1. The van der Waals surface area contributed by atoms with Crippen LogP contribution in [0.5, 0.6) is 5.75 Å². The normalized spacial score (nSPS) is 25.7. The molecule has 1 aliphatic rings. The van der Waals surface area contributed by atoms with Gasteiger partial charge in [-0.1, -0.05) is 18.2 Å². The number of rotatable bonds is 3. The van der Waals surface area contributed by atoms with Crippen molar-refractivity contribution in [1.29, 1.82) is 0 Å². The van der Waals surface area contributed by atoms with Gasteiger partial charge in [-0.05, 0) is 13.0 Å². The Morgan fingerprint density at radius 2 is 2.00 bits per heavy atom. The first-order valence-electron chi connectivity index (χ1n) is 5.85. The zero-order valence-corrected chi connectivity index (χ0v) is 11.0. The molecule has 1 aliphatic heterocycles. The summed E-state index contributed by atoms with van der Waals surface area (Å²) in [5.41, 5.74) is -0.540. The number of fused-ring (bicyclic) bond motifs is 1. The van der Waals surface area contributed by atoms with E-state index in [0.717, 1.165) is 0 Å². The Labute approximate surface area is 111 Å². The number of hydrogen-bond acceptors (Lipinski definition) is 5. The lowest BCUT2D eigenvalue weighted by Gasteiger charge is -2.43. The minimum Gasteiger partial charge on any atom is -0.478 e. The van der Waals surface area contributed by atoms with E-state index in [-0.39, 0.29) is 5.57 Å². The van der Waals surface area contributed by atoms with Gasteiger partial charge >= 0.3 is 0 Å². The van der Waals surface area contributed by atoms with Gasteiger partial charge in [-0.25, -0.2) is 4.79 Å². The molecular weight excluding hydrogens is 248 g/mol. The third-order valence-electron chi connectivity index (χ3n) is 3.33. The largest absolute Gasteiger partial charge is 0.478 e. The molecule has 19 heavy (non-hydrogen) atoms. The summed E-state index contributed by atoms with van der Waals surface area (Å²) in [5, 5.41) is 10.4. The SMILES string of the molecule is COC(OC)C1(C)Oc2ccccc2C(=C=O)C1O. The van der Waals surface area contributed by atoms with Gasteiger partial charge in [-0.2, -0.15) is 0 Å². The lowest BCUT2D eigenvalue weighted by Crippen LogP contribution is -2.58. The summed E-state index contributed by atoms with van der Waals surface area (Å²) in [6.45, 7) is 1.63. The third-order valence-corrected chi connectivity index (χ3v) is 3.33. The van der Waals surface area contributed by atoms with Gasteiger partial charge in [-0.15, -0.1) is 0 Å². The summed E-state index contributed by atoms with van der Waals surface area (Å²) in [6.07, 6.45) is -2.01. The highest BCUT2D eigenvalue weighted by Gasteiger charge is 2.50. The number of methoxy groups -OCH3 is 2. The molecule has 0 saturated carbocycles. The molecule has 1 heterocycles. The monoisotopic (exact) mass is 264 g/mol. The molecule has 5 nitrogen and oxygen atoms in total. The molecule has 1 aromatic carbocycles. The Balaban J connectivity index is 2.55. The number of aliphatic hydroxyl groups is 1. The fraction of sp³-hybridized carbons (Fsp3) is 0.429. The van der Waals surface area contributed by atoms with Crippen LogP contribution in [0.2, 0.25) is 0 Å². The van der Waals surface area contributed by atoms with Crippen molar-refractivity contribution in [3.8, 4) is 5.75 Å². The van der Waals surface area contributed by atoms with Crippen molar-refractivity contribution in [3.05, 3.63) is 29.8 Å². The van der Waals surface area contributed by atoms with E-state index in [2.05, 4.69) is 0 Å². The Morgan fingerprint density at radius 1 is 1.37 bits per heavy atom. The topological polar surface area (TPSA) is 65.0 Å². The highest BCUT2D eigenvalue weighted by molar-refractivity contribution is 5.93. The molecule has 0 radical (unpaired) electrons. The van der Waals surface area contributed by atoms with Crippen LogP contribution in [0.3, 0.4) is 0 Å². The van der Waals surface area contributed by atoms with Crippen molar-refractivity contribution in [3.63, 3.8) is 0 Å². The number of para-hydroxylation sites is 1. The second-order valence-electron chi connectivity index (χ2n) is 4.50. The molecule has 0 aliphatic carbocycles. The van der Waals surface area contributed by atoms with E-state index < -0.39 is 18.0 Å². The lowest BCUT2D eigenvalue weighted by molar-refractivity contribution is -0.221. The Kier molecular flexibility index (Phi) is 3.73. The standard InChI is InChI=1S/C14H16O5/c1-14(13(17-2)18-3)12(16)10(8-15)9-6-4-5-7-11(9)19-14/h4-7,12-13,16H,1-3H3. The van der Waals surface area contributed by atoms with Gasteiger partial charge in [0.1, 0.15) is 17.8 Å². The van der Waals surface area contributed by atoms with Gasteiger partial charge in [0, 0.05) is 19.8 Å². The number of ether oxygens (including phenoxy) is 3. The van der Waals surface area contributed by atoms with Crippen LogP contribution in [0.15, 0.2) is 24.3 Å². The van der Waals surface area contributed by atoms with Crippen LogP contribution in [-0.4, -0.2) is 43.3 Å². The number of benzene rings is 1. The quantitative estimate of drug-likeness (QED) is 0.652. The molecular formula is C14H16O5. The highest BCUT2D eigenvalue weighted by atomic mass is 16.7. The van der Waals surface area contributed by atoms with Crippen LogP contribution in [0, 0.1) is 0 Å². The summed E-state index contributed by atoms with van der Waals surface area (Å²) >= 11 is 0. The third kappa shape index (κ3) is 2.07. The predicted molar refractivity (Wildman–Crippen MR) is 68.4 cm³/mol. The lowest BCUT2D eigenvalue weighted by atomic mass is 9.85. The van der Waals surface area contributed by atoms with Gasteiger partial charge < -0.3 is 19.3 Å². The smallest absolute Gasteiger partial charge is 0.199 e. The van der Waals surface area contributed by atoms with Crippen molar-refractivity contribution in [2.75, 3.05) is 14.2 Å². The fourth-order valence-electron chi connectivity index (χ4n) is 2.36. The molecule has 1 aromatic rings. The Bertz CT molecular complexity index is 516. The van der Waals surface area contributed by atoms with Crippen molar-refractivity contribution in [2.24, 2.45) is 0 Å². The molecule has 5 heteroatoms. The maximum absolute atomic E-state index is 11.2. The molecule has 1 N–H and O–H groups in total. The molecule has 2 atom stereocenters. The van der Waals surface area contributed by atoms with Gasteiger partial charge in [-0.3, -0.25) is 0 Å². The highest BCUT2D eigenvalue weighted by Crippen LogP contribution is 2.41. The second kappa shape index (κ2) is 5.15. The molecule has 0 spiro atoms. The molecule has 0 fully saturated rings. The van der Waals surface area contributed by atoms with Gasteiger partial charge in [0.15, 0.2) is 11.9 Å². The molecule has 0 aromatic heterocycles. The zero-order valence-electron chi connectivity index (χ0n) is 11.0. The van der Waals surface area contributed by atoms with Crippen molar-refractivity contribution in [2.45, 2.75) is 24.9 Å². The molecule has 0 amide bonds. The summed E-state index contributed by atoms with van der Waals surface area (Å²) in [4.78, 5) is 11.2. The first kappa shape index (κ1) is 13.8. The van der Waals surface area contributed by atoms with Gasteiger partial charge in [0.25, 0.3) is 0 Å². The summed E-state index contributed by atoms with van der Waals surface area (Å²) in [6, 6.07) is 6.97. The van der Waals surface area contributed by atoms with E-state index >= 15 is 0 Å². The molecule has 2 unspecified atom stereocenters. The van der Waals surface area contributed by atoms with Crippen molar-refractivity contribution < 1.29 is 24.1 Å². The summed E-state index contributed by atoms with van der Waals surface area (Å²) in [7, 11) is 2.89. The first-order valence-corrected chi connectivity index (χ1v) is 5.85. The van der Waals surface area contributed by atoms with Crippen molar-refractivity contribution >= 4 is 11.5 Å². The van der Waals surface area contributed by atoms with Gasteiger partial charge in [0.2, 0.25) is 0 Å². The Hall–Kier alpha value is -1.65. The minimum absolute atomic E-state index is 0.142. The van der Waals surface area contributed by atoms with Crippen LogP contribution in [0.25, 0.3) is 5.57 Å². The van der Waals surface area contributed by atoms with E-state index in [1.807, 2.05) is 0 Å². The average Bonchev–Trinajstić information content (AvgIpc) is 2.41. The van der Waals surface area contributed by atoms with E-state index in [4.69, 9.17) is 14.2 Å². The van der Waals surface area contributed by atoms with Gasteiger partial charge in [0.05, 0.1) is 5.57 Å². The maximum atomic E-state index is 11.2. The van der Waals surface area contributed by atoms with Crippen molar-refractivity contribution in [1.82, 2.24) is 0 Å². The zero-order chi connectivity index (χ0) is 14.0. The van der Waals surface area contributed by atoms with Crippen LogP contribution in [0.4, 0.5) is 0 Å². The molecule has 0 saturated heterocycles. The average molecular weight is 264 g/mol. The van der Waals surface area contributed by atoms with E-state index in [1.165, 1.54) is 14.2 Å². The molecule has 102 valence electrons. The van der Waals surface area contributed by atoms with E-state index in [9.17, 15) is 9.90 Å². The van der Waals surface area contributed by atoms with Crippen LogP contribution in [-0.2, 0) is 14.3 Å². The second-order valence-corrected chi connectivity index (χ2v) is 4.50. The van der Waals surface area contributed by atoms with E-state index in [0.29, 0.717) is 11.3 Å². The predicted octanol–water partition coefficient (Wildman–Crippen LogP) is 1.03. The molecule has 0 bridgehead atoms. The first-order chi connectivity index (χ1) is 9.08. The Morgan fingerprint density at radius 3 is 2.58 bits per heavy atom. The number of aliphatic hydroxyl groups excluding tert-OH is 1.